The van der Waals surface area contributed by atoms with Gasteiger partial charge in [0.05, 0.1) is 15.8 Å². The van der Waals surface area contributed by atoms with Crippen LogP contribution in [0.15, 0.2) is 10.2 Å². The standard InChI is InChI=1S/C11H14N2OS/c1-6(2)9-10-8(7(3)5-15-10)11(14)13(4)12-9/h5-6H,1-4H3. The molecule has 4 heteroatoms. The molecule has 0 fully saturated rings. The number of fused-ring (bicyclic) bond motifs is 1. The average molecular weight is 222 g/mol. The highest BCUT2D eigenvalue weighted by molar-refractivity contribution is 7.17. The first-order valence-corrected chi connectivity index (χ1v) is 5.85. The highest BCUT2D eigenvalue weighted by Crippen LogP contribution is 2.28. The van der Waals surface area contributed by atoms with Crippen LogP contribution in [-0.4, -0.2) is 9.78 Å². The van der Waals surface area contributed by atoms with Crippen LogP contribution < -0.4 is 5.56 Å². The first-order valence-electron chi connectivity index (χ1n) is 4.97. The fourth-order valence-corrected chi connectivity index (χ4v) is 2.87. The predicted octanol–water partition coefficient (Wildman–Crippen LogP) is 2.43. The summed E-state index contributed by atoms with van der Waals surface area (Å²) >= 11 is 1.62. The quantitative estimate of drug-likeness (QED) is 0.742. The molecule has 0 aliphatic rings. The molecule has 80 valence electrons. The van der Waals surface area contributed by atoms with Gasteiger partial charge in [-0.15, -0.1) is 11.3 Å². The SMILES string of the molecule is Cc1csc2c(C(C)C)nn(C)c(=O)c12. The van der Waals surface area contributed by atoms with Crippen molar-refractivity contribution in [2.24, 2.45) is 7.05 Å². The molecule has 0 radical (unpaired) electrons. The second kappa shape index (κ2) is 3.45. The molecule has 15 heavy (non-hydrogen) atoms. The van der Waals surface area contributed by atoms with Gasteiger partial charge in [-0.3, -0.25) is 4.79 Å². The Morgan fingerprint density at radius 3 is 2.73 bits per heavy atom. The Morgan fingerprint density at radius 1 is 1.47 bits per heavy atom. The molecule has 0 saturated heterocycles. The fourth-order valence-electron chi connectivity index (χ4n) is 1.69. The molecule has 0 bridgehead atoms. The normalized spacial score (nSPS) is 11.5. The Kier molecular flexibility index (Phi) is 2.38. The van der Waals surface area contributed by atoms with Crippen molar-refractivity contribution in [3.8, 4) is 0 Å². The average Bonchev–Trinajstić information content (AvgIpc) is 2.54. The molecule has 0 aromatic carbocycles. The number of thiophene rings is 1. The Hall–Kier alpha value is -1.16. The van der Waals surface area contributed by atoms with Gasteiger partial charge in [0, 0.05) is 7.05 Å². The van der Waals surface area contributed by atoms with E-state index in [1.54, 1.807) is 18.4 Å². The zero-order valence-corrected chi connectivity index (χ0v) is 10.2. The number of nitrogens with zero attached hydrogens (tertiary/aromatic N) is 2. The van der Waals surface area contributed by atoms with Crippen molar-refractivity contribution < 1.29 is 0 Å². The Bertz CT molecular complexity index is 566. The molecule has 0 saturated carbocycles. The van der Waals surface area contributed by atoms with Gasteiger partial charge in [-0.05, 0) is 23.8 Å². The van der Waals surface area contributed by atoms with E-state index in [4.69, 9.17) is 0 Å². The Labute approximate surface area is 92.4 Å². The summed E-state index contributed by atoms with van der Waals surface area (Å²) in [5.41, 5.74) is 2.08. The van der Waals surface area contributed by atoms with Gasteiger partial charge in [-0.25, -0.2) is 4.68 Å². The summed E-state index contributed by atoms with van der Waals surface area (Å²) in [4.78, 5) is 11.9. The number of hydrogen-bond acceptors (Lipinski definition) is 3. The van der Waals surface area contributed by atoms with E-state index >= 15 is 0 Å². The summed E-state index contributed by atoms with van der Waals surface area (Å²) in [5, 5.41) is 7.19. The topological polar surface area (TPSA) is 34.9 Å². The van der Waals surface area contributed by atoms with Gasteiger partial charge in [0.1, 0.15) is 0 Å². The van der Waals surface area contributed by atoms with E-state index in [1.165, 1.54) is 4.68 Å². The largest absolute Gasteiger partial charge is 0.275 e. The fraction of sp³-hybridized carbons (Fsp3) is 0.455. The van der Waals surface area contributed by atoms with E-state index in [9.17, 15) is 4.79 Å². The van der Waals surface area contributed by atoms with E-state index in [0.717, 1.165) is 21.3 Å². The van der Waals surface area contributed by atoms with Crippen LogP contribution in [0.1, 0.15) is 31.0 Å². The third kappa shape index (κ3) is 1.49. The van der Waals surface area contributed by atoms with Gasteiger partial charge in [-0.2, -0.15) is 5.10 Å². The summed E-state index contributed by atoms with van der Waals surface area (Å²) in [6.45, 7) is 6.17. The molecule has 0 N–H and O–H groups in total. The minimum absolute atomic E-state index is 0.00755. The highest BCUT2D eigenvalue weighted by Gasteiger charge is 2.14. The van der Waals surface area contributed by atoms with Crippen molar-refractivity contribution in [2.45, 2.75) is 26.7 Å². The van der Waals surface area contributed by atoms with E-state index in [-0.39, 0.29) is 5.56 Å². The molecular weight excluding hydrogens is 208 g/mol. The van der Waals surface area contributed by atoms with Crippen molar-refractivity contribution in [1.82, 2.24) is 9.78 Å². The molecular formula is C11H14N2OS. The van der Waals surface area contributed by atoms with E-state index in [2.05, 4.69) is 18.9 Å². The van der Waals surface area contributed by atoms with Crippen LogP contribution in [0, 0.1) is 6.92 Å². The summed E-state index contributed by atoms with van der Waals surface area (Å²) in [6, 6.07) is 0. The molecule has 2 rings (SSSR count). The van der Waals surface area contributed by atoms with Gasteiger partial charge in [-0.1, -0.05) is 13.8 Å². The summed E-state index contributed by atoms with van der Waals surface area (Å²) in [7, 11) is 1.71. The van der Waals surface area contributed by atoms with Crippen LogP contribution >= 0.6 is 11.3 Å². The molecule has 0 atom stereocenters. The molecule has 2 heterocycles. The second-order valence-electron chi connectivity index (χ2n) is 4.09. The van der Waals surface area contributed by atoms with Gasteiger partial charge in [0.15, 0.2) is 0 Å². The lowest BCUT2D eigenvalue weighted by Gasteiger charge is -2.07. The molecule has 2 aromatic rings. The number of hydrogen-bond donors (Lipinski definition) is 0. The minimum atomic E-state index is 0.00755. The number of aryl methyl sites for hydroxylation is 2. The second-order valence-corrected chi connectivity index (χ2v) is 4.97. The molecule has 2 aromatic heterocycles. The van der Waals surface area contributed by atoms with Gasteiger partial charge >= 0.3 is 0 Å². The van der Waals surface area contributed by atoms with Crippen LogP contribution in [0.3, 0.4) is 0 Å². The predicted molar refractivity (Wildman–Crippen MR) is 63.7 cm³/mol. The first kappa shape index (κ1) is 10.4. The smallest absolute Gasteiger partial charge is 0.267 e. The maximum absolute atomic E-state index is 11.9. The van der Waals surface area contributed by atoms with Crippen molar-refractivity contribution in [3.63, 3.8) is 0 Å². The third-order valence-corrected chi connectivity index (χ3v) is 3.64. The lowest BCUT2D eigenvalue weighted by Crippen LogP contribution is -2.21. The van der Waals surface area contributed by atoms with E-state index in [1.807, 2.05) is 12.3 Å². The maximum atomic E-state index is 11.9. The first-order chi connectivity index (χ1) is 7.02. The lowest BCUT2D eigenvalue weighted by molar-refractivity contribution is 0.667. The van der Waals surface area contributed by atoms with Gasteiger partial charge in [0.25, 0.3) is 5.56 Å². The van der Waals surface area contributed by atoms with Crippen molar-refractivity contribution >= 4 is 21.4 Å². The van der Waals surface area contributed by atoms with Gasteiger partial charge < -0.3 is 0 Å². The molecule has 3 nitrogen and oxygen atoms in total. The zero-order valence-electron chi connectivity index (χ0n) is 9.37. The maximum Gasteiger partial charge on any atom is 0.275 e. The van der Waals surface area contributed by atoms with Crippen LogP contribution in [0.4, 0.5) is 0 Å². The summed E-state index contributed by atoms with van der Waals surface area (Å²) < 4.78 is 2.49. The summed E-state index contributed by atoms with van der Waals surface area (Å²) in [5.74, 6) is 0.345. The molecule has 0 spiro atoms. The van der Waals surface area contributed by atoms with Crippen LogP contribution in [0.2, 0.25) is 0 Å². The highest BCUT2D eigenvalue weighted by atomic mass is 32.1. The number of aromatic nitrogens is 2. The van der Waals surface area contributed by atoms with Crippen molar-refractivity contribution in [2.75, 3.05) is 0 Å². The zero-order chi connectivity index (χ0) is 11.2. The molecule has 0 unspecified atom stereocenters. The van der Waals surface area contributed by atoms with Crippen molar-refractivity contribution in [1.29, 1.82) is 0 Å². The Morgan fingerprint density at radius 2 is 2.13 bits per heavy atom. The summed E-state index contributed by atoms with van der Waals surface area (Å²) in [6.07, 6.45) is 0. The van der Waals surface area contributed by atoms with Gasteiger partial charge in [0.2, 0.25) is 0 Å². The van der Waals surface area contributed by atoms with Crippen molar-refractivity contribution in [3.05, 3.63) is 27.0 Å². The van der Waals surface area contributed by atoms with Crippen LogP contribution in [-0.2, 0) is 7.05 Å². The Balaban J connectivity index is 2.97. The third-order valence-electron chi connectivity index (χ3n) is 2.52. The van der Waals surface area contributed by atoms with E-state index in [0.29, 0.717) is 5.92 Å². The molecule has 0 amide bonds. The monoisotopic (exact) mass is 222 g/mol. The molecule has 0 aliphatic heterocycles. The number of rotatable bonds is 1. The van der Waals surface area contributed by atoms with Crippen LogP contribution in [0.25, 0.3) is 10.1 Å². The molecule has 0 aliphatic carbocycles. The lowest BCUT2D eigenvalue weighted by atomic mass is 10.1. The van der Waals surface area contributed by atoms with E-state index < -0.39 is 0 Å². The minimum Gasteiger partial charge on any atom is -0.267 e. The van der Waals surface area contributed by atoms with Crippen LogP contribution in [0.5, 0.6) is 0 Å².